The Labute approximate surface area is 201 Å². The molecule has 0 aliphatic rings. The van der Waals surface area contributed by atoms with Gasteiger partial charge >= 0.3 is 5.97 Å². The lowest BCUT2D eigenvalue weighted by Crippen LogP contribution is -2.04. The molecule has 2 aromatic heterocycles. The van der Waals surface area contributed by atoms with Crippen LogP contribution in [0.1, 0.15) is 52.0 Å². The third-order valence-electron chi connectivity index (χ3n) is 4.69. The minimum Gasteiger partial charge on any atom is -0.491 e. The first-order chi connectivity index (χ1) is 16.5. The standard InChI is InChI=1S/C22H21N3O4.C3H8.C2H6/c1-15-17(24-22(29-15)16-6-3-2-4-7-16)11-13-28-19-9-5-8-18-21(19)23-14-25(18)12-10-20(26)27;1-3-2;1-2/h2-9,14H,10-13H2,1H3,(H,26,27);3H2,1-2H3;1-2H3. The van der Waals surface area contributed by atoms with Crippen molar-refractivity contribution in [2.75, 3.05) is 6.61 Å². The highest BCUT2D eigenvalue weighted by Gasteiger charge is 2.13. The number of ether oxygens (including phenoxy) is 1. The molecule has 34 heavy (non-hydrogen) atoms. The van der Waals surface area contributed by atoms with Crippen LogP contribution in [0.3, 0.4) is 0 Å². The maximum atomic E-state index is 10.8. The number of hydrogen-bond donors (Lipinski definition) is 1. The molecule has 1 N–H and O–H groups in total. The Bertz CT molecular complexity index is 1150. The summed E-state index contributed by atoms with van der Waals surface area (Å²) in [6.45, 7) is 11.0. The van der Waals surface area contributed by atoms with Gasteiger partial charge in [0.2, 0.25) is 5.89 Å². The predicted molar refractivity (Wildman–Crippen MR) is 135 cm³/mol. The van der Waals surface area contributed by atoms with E-state index in [1.54, 1.807) is 6.33 Å². The zero-order valence-corrected chi connectivity index (χ0v) is 20.7. The maximum absolute atomic E-state index is 10.8. The second kappa shape index (κ2) is 13.8. The lowest BCUT2D eigenvalue weighted by molar-refractivity contribution is -0.137. The maximum Gasteiger partial charge on any atom is 0.305 e. The monoisotopic (exact) mass is 465 g/mol. The van der Waals surface area contributed by atoms with Crippen LogP contribution in [0.4, 0.5) is 0 Å². The molecule has 0 fully saturated rings. The number of carboxylic acids is 1. The molecule has 0 aliphatic carbocycles. The molecular formula is C27H35N3O4. The first kappa shape index (κ1) is 26.6. The number of oxazole rings is 1. The summed E-state index contributed by atoms with van der Waals surface area (Å²) in [7, 11) is 0. The van der Waals surface area contributed by atoms with Gasteiger partial charge in [-0.2, -0.15) is 0 Å². The molecule has 0 spiro atoms. The van der Waals surface area contributed by atoms with Crippen molar-refractivity contribution in [2.45, 2.75) is 60.4 Å². The smallest absolute Gasteiger partial charge is 0.305 e. The van der Waals surface area contributed by atoms with Crippen LogP contribution in [-0.4, -0.2) is 32.2 Å². The number of rotatable bonds is 8. The van der Waals surface area contributed by atoms with Crippen LogP contribution in [0.15, 0.2) is 59.3 Å². The summed E-state index contributed by atoms with van der Waals surface area (Å²) in [6, 6.07) is 15.4. The lowest BCUT2D eigenvalue weighted by atomic mass is 10.2. The van der Waals surface area contributed by atoms with E-state index in [9.17, 15) is 4.79 Å². The Morgan fingerprint density at radius 2 is 1.79 bits per heavy atom. The molecule has 0 radical (unpaired) electrons. The van der Waals surface area contributed by atoms with Gasteiger partial charge in [0.15, 0.2) is 0 Å². The molecule has 0 atom stereocenters. The summed E-state index contributed by atoms with van der Waals surface area (Å²) in [5, 5.41) is 8.89. The number of imidazole rings is 1. The van der Waals surface area contributed by atoms with Gasteiger partial charge in [0.1, 0.15) is 17.0 Å². The van der Waals surface area contributed by atoms with Gasteiger partial charge in [0.25, 0.3) is 0 Å². The number of benzene rings is 2. The van der Waals surface area contributed by atoms with Crippen molar-refractivity contribution in [3.8, 4) is 17.2 Å². The molecule has 7 nitrogen and oxygen atoms in total. The van der Waals surface area contributed by atoms with Gasteiger partial charge in [-0.3, -0.25) is 4.79 Å². The Hall–Kier alpha value is -3.61. The van der Waals surface area contributed by atoms with E-state index in [-0.39, 0.29) is 6.42 Å². The first-order valence-corrected chi connectivity index (χ1v) is 11.8. The Morgan fingerprint density at radius 3 is 2.47 bits per heavy atom. The van der Waals surface area contributed by atoms with Crippen molar-refractivity contribution in [3.05, 3.63) is 66.3 Å². The van der Waals surface area contributed by atoms with E-state index in [0.717, 1.165) is 28.1 Å². The van der Waals surface area contributed by atoms with Crippen molar-refractivity contribution >= 4 is 17.0 Å². The van der Waals surface area contributed by atoms with Crippen molar-refractivity contribution in [2.24, 2.45) is 0 Å². The van der Waals surface area contributed by atoms with Crippen LogP contribution in [-0.2, 0) is 17.8 Å². The second-order valence-corrected chi connectivity index (χ2v) is 7.40. The van der Waals surface area contributed by atoms with Gasteiger partial charge in [-0.25, -0.2) is 9.97 Å². The molecule has 4 aromatic rings. The Morgan fingerprint density at radius 1 is 1.09 bits per heavy atom. The van der Waals surface area contributed by atoms with Crippen molar-refractivity contribution < 1.29 is 19.1 Å². The van der Waals surface area contributed by atoms with Crippen molar-refractivity contribution in [3.63, 3.8) is 0 Å². The van der Waals surface area contributed by atoms with Crippen LogP contribution >= 0.6 is 0 Å². The van der Waals surface area contributed by atoms with E-state index < -0.39 is 5.97 Å². The predicted octanol–water partition coefficient (Wildman–Crippen LogP) is 6.54. The van der Waals surface area contributed by atoms with Gasteiger partial charge in [-0.05, 0) is 31.2 Å². The molecule has 4 rings (SSSR count). The van der Waals surface area contributed by atoms with E-state index in [0.29, 0.717) is 31.2 Å². The van der Waals surface area contributed by atoms with E-state index in [2.05, 4.69) is 23.8 Å². The largest absolute Gasteiger partial charge is 0.491 e. The van der Waals surface area contributed by atoms with Gasteiger partial charge in [-0.1, -0.05) is 58.4 Å². The number of fused-ring (bicyclic) bond motifs is 1. The summed E-state index contributed by atoms with van der Waals surface area (Å²) in [6.07, 6.45) is 3.55. The SMILES string of the molecule is CC.CCC.Cc1oc(-c2ccccc2)nc1CCOc1cccc2c1ncn2CCC(=O)O. The third kappa shape index (κ3) is 7.20. The van der Waals surface area contributed by atoms with Crippen molar-refractivity contribution in [1.82, 2.24) is 14.5 Å². The van der Waals surface area contributed by atoms with Crippen LogP contribution in [0, 0.1) is 6.92 Å². The van der Waals surface area contributed by atoms with Gasteiger partial charge < -0.3 is 18.8 Å². The number of aromatic nitrogens is 3. The molecule has 0 aliphatic heterocycles. The number of carbonyl (C=O) groups is 1. The van der Waals surface area contributed by atoms with Gasteiger partial charge in [0, 0.05) is 18.5 Å². The summed E-state index contributed by atoms with van der Waals surface area (Å²) in [4.78, 5) is 19.8. The lowest BCUT2D eigenvalue weighted by Gasteiger charge is -2.07. The first-order valence-electron chi connectivity index (χ1n) is 11.8. The number of para-hydroxylation sites is 1. The molecule has 0 amide bonds. The van der Waals surface area contributed by atoms with E-state index in [4.69, 9.17) is 14.3 Å². The van der Waals surface area contributed by atoms with E-state index >= 15 is 0 Å². The minimum atomic E-state index is -0.836. The topological polar surface area (TPSA) is 90.4 Å². The summed E-state index contributed by atoms with van der Waals surface area (Å²) < 4.78 is 13.6. The van der Waals surface area contributed by atoms with Crippen LogP contribution in [0.2, 0.25) is 0 Å². The molecule has 2 heterocycles. The number of aliphatic carboxylic acids is 1. The third-order valence-corrected chi connectivity index (χ3v) is 4.69. The zero-order chi connectivity index (χ0) is 24.9. The quantitative estimate of drug-likeness (QED) is 0.318. The van der Waals surface area contributed by atoms with E-state index in [1.807, 2.05) is 73.9 Å². The molecule has 0 saturated heterocycles. The highest BCUT2D eigenvalue weighted by Crippen LogP contribution is 2.25. The molecule has 0 saturated carbocycles. The second-order valence-electron chi connectivity index (χ2n) is 7.40. The normalized spacial score (nSPS) is 10.1. The van der Waals surface area contributed by atoms with Crippen molar-refractivity contribution in [1.29, 1.82) is 0 Å². The fourth-order valence-electron chi connectivity index (χ4n) is 3.19. The van der Waals surface area contributed by atoms with Gasteiger partial charge in [0.05, 0.1) is 30.6 Å². The fraction of sp³-hybridized carbons (Fsp3) is 0.370. The zero-order valence-electron chi connectivity index (χ0n) is 20.7. The Kier molecular flexibility index (Phi) is 10.8. The number of aryl methyl sites for hydroxylation is 2. The molecule has 2 aromatic carbocycles. The molecular weight excluding hydrogens is 430 g/mol. The molecule has 7 heteroatoms. The average Bonchev–Trinajstić information content (AvgIpc) is 3.44. The van der Waals surface area contributed by atoms with Crippen LogP contribution in [0.25, 0.3) is 22.5 Å². The summed E-state index contributed by atoms with van der Waals surface area (Å²) in [5.74, 6) is 1.22. The van der Waals surface area contributed by atoms with E-state index in [1.165, 1.54) is 6.42 Å². The minimum absolute atomic E-state index is 0.0473. The highest BCUT2D eigenvalue weighted by molar-refractivity contribution is 5.82. The molecule has 0 bridgehead atoms. The fourth-order valence-corrected chi connectivity index (χ4v) is 3.19. The summed E-state index contributed by atoms with van der Waals surface area (Å²) >= 11 is 0. The number of carboxylic acid groups (broad SMARTS) is 1. The van der Waals surface area contributed by atoms with Crippen LogP contribution < -0.4 is 4.74 Å². The van der Waals surface area contributed by atoms with Gasteiger partial charge in [-0.15, -0.1) is 0 Å². The number of hydrogen-bond acceptors (Lipinski definition) is 5. The molecule has 0 unspecified atom stereocenters. The molecule has 182 valence electrons. The number of nitrogens with zero attached hydrogens (tertiary/aromatic N) is 3. The highest BCUT2D eigenvalue weighted by atomic mass is 16.5. The average molecular weight is 466 g/mol. The summed E-state index contributed by atoms with van der Waals surface area (Å²) in [5.41, 5.74) is 3.38. The Balaban J connectivity index is 0.000000758. The van der Waals surface area contributed by atoms with Crippen LogP contribution in [0.5, 0.6) is 5.75 Å².